The summed E-state index contributed by atoms with van der Waals surface area (Å²) in [6.07, 6.45) is 6.66. The van der Waals surface area contributed by atoms with Crippen LogP contribution in [-0.4, -0.2) is 57.6 Å². The molecular formula is C23H37N3O4S. The summed E-state index contributed by atoms with van der Waals surface area (Å²) in [6, 6.07) is 7.09. The molecule has 1 unspecified atom stereocenters. The fourth-order valence-corrected chi connectivity index (χ4v) is 3.46. The molecule has 0 aliphatic carbocycles. The summed E-state index contributed by atoms with van der Waals surface area (Å²) < 4.78 is 0. The molecule has 8 heteroatoms. The zero-order valence-corrected chi connectivity index (χ0v) is 19.5. The number of thiol groups is 1. The van der Waals surface area contributed by atoms with E-state index in [9.17, 15) is 19.8 Å². The van der Waals surface area contributed by atoms with Crippen molar-refractivity contribution in [2.75, 3.05) is 18.9 Å². The predicted molar refractivity (Wildman–Crippen MR) is 127 cm³/mol. The van der Waals surface area contributed by atoms with Crippen LogP contribution in [0.25, 0.3) is 0 Å². The predicted octanol–water partition coefficient (Wildman–Crippen LogP) is 2.47. The zero-order chi connectivity index (χ0) is 23.3. The minimum Gasteiger partial charge on any atom is -0.479 e. The number of carbonyl (C=O) groups is 2. The van der Waals surface area contributed by atoms with Gasteiger partial charge in [0.15, 0.2) is 5.54 Å². The maximum atomic E-state index is 13.2. The van der Waals surface area contributed by atoms with Crippen molar-refractivity contribution < 1.29 is 19.8 Å². The van der Waals surface area contributed by atoms with Gasteiger partial charge in [-0.2, -0.15) is 12.6 Å². The number of aliphatic hydroxyl groups excluding tert-OH is 1. The summed E-state index contributed by atoms with van der Waals surface area (Å²) in [5, 5.41) is 21.2. The van der Waals surface area contributed by atoms with Crippen LogP contribution < -0.4 is 11.2 Å². The first-order valence-corrected chi connectivity index (χ1v) is 11.4. The van der Waals surface area contributed by atoms with Crippen molar-refractivity contribution in [1.29, 1.82) is 0 Å². The minimum atomic E-state index is -1.66. The first kappa shape index (κ1) is 27.2. The minimum absolute atomic E-state index is 0.0566. The summed E-state index contributed by atoms with van der Waals surface area (Å²) in [5.74, 6) is -1.19. The Morgan fingerprint density at radius 3 is 2.61 bits per heavy atom. The van der Waals surface area contributed by atoms with Crippen LogP contribution in [0.3, 0.4) is 0 Å². The highest BCUT2D eigenvalue weighted by Gasteiger charge is 2.46. The van der Waals surface area contributed by atoms with Crippen molar-refractivity contribution in [3.05, 3.63) is 47.5 Å². The summed E-state index contributed by atoms with van der Waals surface area (Å²) in [7, 11) is 0. The number of hydrazine groups is 1. The van der Waals surface area contributed by atoms with Crippen molar-refractivity contribution in [3.8, 4) is 0 Å². The number of nitrogens with one attached hydrogen (secondary N) is 1. The Morgan fingerprint density at radius 1 is 1.32 bits per heavy atom. The smallest absolute Gasteiger partial charge is 0.331 e. The first-order valence-electron chi connectivity index (χ1n) is 10.8. The van der Waals surface area contributed by atoms with Crippen molar-refractivity contribution in [2.45, 2.75) is 64.0 Å². The molecule has 1 aromatic carbocycles. The molecule has 7 nitrogen and oxygen atoms in total. The molecule has 0 saturated heterocycles. The van der Waals surface area contributed by atoms with Crippen LogP contribution in [0.2, 0.25) is 0 Å². The lowest BCUT2D eigenvalue weighted by atomic mass is 9.85. The second-order valence-electron chi connectivity index (χ2n) is 7.77. The van der Waals surface area contributed by atoms with Crippen molar-refractivity contribution in [1.82, 2.24) is 10.4 Å². The molecule has 2 atom stereocenters. The Morgan fingerprint density at radius 2 is 2.03 bits per heavy atom. The SMILES string of the molecule is CCCC/C=C/CC(=O)N(NCC(N)CS)[C@@](CCO)(Cc1ccccc1C)C(=O)O. The topological polar surface area (TPSA) is 116 Å². The molecule has 0 heterocycles. The van der Waals surface area contributed by atoms with Gasteiger partial charge in [-0.05, 0) is 24.5 Å². The molecule has 1 amide bonds. The van der Waals surface area contributed by atoms with Crippen LogP contribution in [0, 0.1) is 6.92 Å². The maximum absolute atomic E-state index is 13.2. The number of rotatable bonds is 15. The van der Waals surface area contributed by atoms with E-state index in [0.717, 1.165) is 30.4 Å². The third-order valence-electron chi connectivity index (χ3n) is 5.27. The summed E-state index contributed by atoms with van der Waals surface area (Å²) in [6.45, 7) is 3.79. The number of hydrogen-bond acceptors (Lipinski definition) is 6. The van der Waals surface area contributed by atoms with E-state index in [0.29, 0.717) is 5.75 Å². The van der Waals surface area contributed by atoms with Crippen molar-refractivity contribution >= 4 is 24.5 Å². The number of aliphatic hydroxyl groups is 1. The van der Waals surface area contributed by atoms with Gasteiger partial charge in [-0.1, -0.05) is 56.2 Å². The number of amides is 1. The number of nitrogens with zero attached hydrogens (tertiary/aromatic N) is 1. The summed E-state index contributed by atoms with van der Waals surface area (Å²) >= 11 is 4.17. The second-order valence-corrected chi connectivity index (χ2v) is 8.13. The molecule has 0 bridgehead atoms. The first-order chi connectivity index (χ1) is 14.8. The highest BCUT2D eigenvalue weighted by molar-refractivity contribution is 7.80. The average Bonchev–Trinajstić information content (AvgIpc) is 2.74. The lowest BCUT2D eigenvalue weighted by molar-refractivity contribution is -0.165. The molecule has 31 heavy (non-hydrogen) atoms. The number of carboxylic acid groups (broad SMARTS) is 1. The number of nitrogens with two attached hydrogens (primary N) is 1. The Bertz CT molecular complexity index is 729. The van der Waals surface area contributed by atoms with Crippen LogP contribution in [0.15, 0.2) is 36.4 Å². The van der Waals surface area contributed by atoms with Gasteiger partial charge in [0.05, 0.1) is 0 Å². The van der Waals surface area contributed by atoms with Gasteiger partial charge in [0.1, 0.15) is 0 Å². The molecule has 0 radical (unpaired) electrons. The molecule has 0 aromatic heterocycles. The largest absolute Gasteiger partial charge is 0.479 e. The Kier molecular flexibility index (Phi) is 12.5. The number of allylic oxidation sites excluding steroid dienone is 1. The van der Waals surface area contributed by atoms with Crippen molar-refractivity contribution in [3.63, 3.8) is 0 Å². The van der Waals surface area contributed by atoms with Crippen LogP contribution in [0.4, 0.5) is 0 Å². The van der Waals surface area contributed by atoms with E-state index in [1.807, 2.05) is 37.3 Å². The van der Waals surface area contributed by atoms with E-state index in [1.54, 1.807) is 6.08 Å². The van der Waals surface area contributed by atoms with Gasteiger partial charge in [0.25, 0.3) is 0 Å². The number of benzene rings is 1. The third kappa shape index (κ3) is 8.29. The number of aliphatic carboxylic acids is 1. The number of carboxylic acids is 1. The number of carbonyl (C=O) groups excluding carboxylic acids is 1. The van der Waals surface area contributed by atoms with Gasteiger partial charge in [0, 0.05) is 44.2 Å². The monoisotopic (exact) mass is 451 g/mol. The van der Waals surface area contributed by atoms with Gasteiger partial charge in [0.2, 0.25) is 5.91 Å². The Balaban J connectivity index is 3.30. The maximum Gasteiger partial charge on any atom is 0.331 e. The molecular weight excluding hydrogens is 414 g/mol. The molecule has 1 aromatic rings. The van der Waals surface area contributed by atoms with Crippen LogP contribution in [0.5, 0.6) is 0 Å². The van der Waals surface area contributed by atoms with E-state index in [-0.39, 0.29) is 44.4 Å². The van der Waals surface area contributed by atoms with E-state index < -0.39 is 11.5 Å². The van der Waals surface area contributed by atoms with Gasteiger partial charge in [-0.3, -0.25) is 9.80 Å². The fraction of sp³-hybridized carbons (Fsp3) is 0.565. The van der Waals surface area contributed by atoms with Gasteiger partial charge >= 0.3 is 5.97 Å². The average molecular weight is 452 g/mol. The second kappa shape index (κ2) is 14.2. The molecule has 0 fully saturated rings. The lowest BCUT2D eigenvalue weighted by Gasteiger charge is -2.41. The van der Waals surface area contributed by atoms with Crippen LogP contribution >= 0.6 is 12.6 Å². The molecule has 174 valence electrons. The number of aryl methyl sites for hydroxylation is 1. The molecule has 0 aliphatic rings. The molecule has 1 rings (SSSR count). The molecule has 0 saturated carbocycles. The van der Waals surface area contributed by atoms with E-state index in [2.05, 4.69) is 25.0 Å². The summed E-state index contributed by atoms with van der Waals surface area (Å²) in [4.78, 5) is 25.8. The van der Waals surface area contributed by atoms with E-state index in [4.69, 9.17) is 5.73 Å². The Hall–Kier alpha value is -1.87. The molecule has 5 N–H and O–H groups in total. The normalized spacial score (nSPS) is 14.4. The van der Waals surface area contributed by atoms with Gasteiger partial charge < -0.3 is 15.9 Å². The van der Waals surface area contributed by atoms with Gasteiger partial charge in [-0.15, -0.1) is 0 Å². The highest BCUT2D eigenvalue weighted by Crippen LogP contribution is 2.27. The van der Waals surface area contributed by atoms with Crippen LogP contribution in [-0.2, 0) is 16.0 Å². The molecule has 0 aliphatic heterocycles. The third-order valence-corrected chi connectivity index (χ3v) is 5.74. The van der Waals surface area contributed by atoms with Gasteiger partial charge in [-0.25, -0.2) is 10.2 Å². The Labute approximate surface area is 191 Å². The highest BCUT2D eigenvalue weighted by atomic mass is 32.1. The zero-order valence-electron chi connectivity index (χ0n) is 18.6. The summed E-state index contributed by atoms with van der Waals surface area (Å²) in [5.41, 5.74) is 8.97. The van der Waals surface area contributed by atoms with Crippen molar-refractivity contribution in [2.24, 2.45) is 5.73 Å². The van der Waals surface area contributed by atoms with E-state index in [1.165, 1.54) is 5.01 Å². The van der Waals surface area contributed by atoms with E-state index >= 15 is 0 Å². The number of unbranched alkanes of at least 4 members (excludes halogenated alkanes) is 2. The molecule has 0 spiro atoms. The lowest BCUT2D eigenvalue weighted by Crippen LogP contribution is -2.65. The number of hydrogen-bond donors (Lipinski definition) is 5. The fourth-order valence-electron chi connectivity index (χ4n) is 3.33. The van der Waals surface area contributed by atoms with Crippen LogP contribution in [0.1, 0.15) is 50.2 Å². The quantitative estimate of drug-likeness (QED) is 0.121. The standard InChI is InChI=1S/C23H37N3O4S/c1-3-4-5-6-7-12-21(28)26(25-16-20(24)17-31)23(13-14-27,22(29)30)15-19-11-9-8-10-18(19)2/h6-11,20,25,27,31H,3-5,12-17,24H2,1-2H3,(H,29,30)/b7-6+/t20?,23-/m0/s1.